The molecule has 3 nitrogen and oxygen atoms in total. The first-order chi connectivity index (χ1) is 10.1. The normalized spacial score (nSPS) is 21.2. The van der Waals surface area contributed by atoms with Gasteiger partial charge in [-0.3, -0.25) is 0 Å². The Balaban J connectivity index is 2.76. The lowest BCUT2D eigenvalue weighted by Gasteiger charge is -2.39. The van der Waals surface area contributed by atoms with Gasteiger partial charge in [-0.1, -0.05) is 12.1 Å². The smallest absolute Gasteiger partial charge is 0.432 e. The summed E-state index contributed by atoms with van der Waals surface area (Å²) in [7, 11) is 0. The summed E-state index contributed by atoms with van der Waals surface area (Å²) < 4.78 is 50.8. The van der Waals surface area contributed by atoms with Crippen molar-refractivity contribution in [2.75, 3.05) is 6.61 Å². The van der Waals surface area contributed by atoms with Crippen molar-refractivity contribution < 1.29 is 27.4 Å². The van der Waals surface area contributed by atoms with Crippen molar-refractivity contribution in [1.29, 1.82) is 0 Å². The summed E-state index contributed by atoms with van der Waals surface area (Å²) in [6, 6.07) is 4.84. The van der Waals surface area contributed by atoms with Gasteiger partial charge < -0.3 is 9.47 Å². The molecule has 0 aromatic heterocycles. The van der Waals surface area contributed by atoms with Gasteiger partial charge in [0, 0.05) is 5.56 Å². The van der Waals surface area contributed by atoms with Crippen LogP contribution in [0.25, 0.3) is 5.57 Å². The van der Waals surface area contributed by atoms with E-state index in [4.69, 9.17) is 9.47 Å². The van der Waals surface area contributed by atoms with Crippen LogP contribution in [-0.2, 0) is 9.53 Å². The maximum Gasteiger partial charge on any atom is 0.432 e. The number of fused-ring (bicyclic) bond motifs is 1. The number of benzene rings is 1. The molecule has 6 heteroatoms. The van der Waals surface area contributed by atoms with Crippen LogP contribution < -0.4 is 4.74 Å². The minimum absolute atomic E-state index is 0.00974. The molecule has 0 aliphatic carbocycles. The summed E-state index contributed by atoms with van der Waals surface area (Å²) in [6.45, 7) is 5.63. The van der Waals surface area contributed by atoms with Gasteiger partial charge in [0.2, 0.25) is 5.60 Å². The predicted molar refractivity (Wildman–Crippen MR) is 75.5 cm³/mol. The van der Waals surface area contributed by atoms with Crippen LogP contribution in [0.4, 0.5) is 13.2 Å². The van der Waals surface area contributed by atoms with Crippen molar-refractivity contribution >= 4 is 11.5 Å². The lowest BCUT2D eigenvalue weighted by atomic mass is 9.83. The molecular formula is C16H17F3O3. The average molecular weight is 314 g/mol. The van der Waals surface area contributed by atoms with Crippen LogP contribution in [0, 0.1) is 6.92 Å². The summed E-state index contributed by atoms with van der Waals surface area (Å²) in [5, 5.41) is 0. The van der Waals surface area contributed by atoms with Crippen molar-refractivity contribution in [2.45, 2.75) is 39.5 Å². The maximum atomic E-state index is 13.6. The number of rotatable bonds is 2. The van der Waals surface area contributed by atoms with E-state index < -0.39 is 23.3 Å². The summed E-state index contributed by atoms with van der Waals surface area (Å²) in [5.74, 6) is -0.890. The molecule has 0 N–H and O–H groups in total. The second kappa shape index (κ2) is 5.34. The number of carbonyl (C=O) groups excluding carboxylic acids is 1. The van der Waals surface area contributed by atoms with Crippen molar-refractivity contribution in [3.05, 3.63) is 34.9 Å². The van der Waals surface area contributed by atoms with Crippen LogP contribution in [-0.4, -0.2) is 24.4 Å². The maximum absolute atomic E-state index is 13.6. The Morgan fingerprint density at radius 1 is 1.32 bits per heavy atom. The molecule has 1 aliphatic rings. The predicted octanol–water partition coefficient (Wildman–Crippen LogP) is 4.05. The van der Waals surface area contributed by atoms with E-state index in [0.29, 0.717) is 5.56 Å². The Labute approximate surface area is 126 Å². The lowest BCUT2D eigenvalue weighted by molar-refractivity contribution is -0.229. The lowest BCUT2D eigenvalue weighted by Crippen LogP contribution is -2.53. The molecule has 2 rings (SSSR count). The highest BCUT2D eigenvalue weighted by Crippen LogP contribution is 2.49. The van der Waals surface area contributed by atoms with Crippen molar-refractivity contribution in [3.8, 4) is 5.75 Å². The third-order valence-corrected chi connectivity index (χ3v) is 3.80. The summed E-state index contributed by atoms with van der Waals surface area (Å²) in [4.78, 5) is 12.1. The van der Waals surface area contributed by atoms with E-state index in [1.54, 1.807) is 26.0 Å². The average Bonchev–Trinajstić information content (AvgIpc) is 2.37. The minimum atomic E-state index is -4.75. The third kappa shape index (κ3) is 2.36. The molecule has 1 heterocycles. The topological polar surface area (TPSA) is 35.5 Å². The number of alkyl halides is 3. The molecule has 0 saturated carbocycles. The highest BCUT2D eigenvalue weighted by atomic mass is 19.4. The standard InChI is InChI=1S/C16H17F3O3/c1-5-21-14(20)13-10(3)12-9(2)7-6-8-11(12)22-15(13,4)16(17,18)19/h6-8H,5H2,1-4H3. The molecule has 22 heavy (non-hydrogen) atoms. The molecule has 0 bridgehead atoms. The van der Waals surface area contributed by atoms with Gasteiger partial charge in [0.05, 0.1) is 12.2 Å². The minimum Gasteiger partial charge on any atom is -0.472 e. The van der Waals surface area contributed by atoms with E-state index in [-0.39, 0.29) is 17.9 Å². The van der Waals surface area contributed by atoms with Gasteiger partial charge in [-0.2, -0.15) is 13.2 Å². The fourth-order valence-electron chi connectivity index (χ4n) is 2.71. The summed E-state index contributed by atoms with van der Waals surface area (Å²) in [6.07, 6.45) is -4.75. The number of hydrogen-bond donors (Lipinski definition) is 0. The number of halogens is 3. The molecule has 1 unspecified atom stereocenters. The van der Waals surface area contributed by atoms with E-state index in [1.165, 1.54) is 13.0 Å². The van der Waals surface area contributed by atoms with Crippen LogP contribution >= 0.6 is 0 Å². The van der Waals surface area contributed by atoms with Crippen LogP contribution in [0.5, 0.6) is 5.75 Å². The monoisotopic (exact) mass is 314 g/mol. The van der Waals surface area contributed by atoms with Gasteiger partial charge in [-0.15, -0.1) is 0 Å². The zero-order valence-corrected chi connectivity index (χ0v) is 12.8. The van der Waals surface area contributed by atoms with E-state index in [2.05, 4.69) is 0 Å². The van der Waals surface area contributed by atoms with Crippen molar-refractivity contribution in [2.24, 2.45) is 0 Å². The van der Waals surface area contributed by atoms with E-state index in [0.717, 1.165) is 12.5 Å². The summed E-state index contributed by atoms with van der Waals surface area (Å²) in [5.41, 5.74) is -1.75. The van der Waals surface area contributed by atoms with Gasteiger partial charge in [-0.05, 0) is 44.9 Å². The van der Waals surface area contributed by atoms with Gasteiger partial charge in [0.1, 0.15) is 5.75 Å². The van der Waals surface area contributed by atoms with Gasteiger partial charge >= 0.3 is 12.1 Å². The number of esters is 1. The van der Waals surface area contributed by atoms with Crippen molar-refractivity contribution in [3.63, 3.8) is 0 Å². The Bertz CT molecular complexity index is 647. The highest BCUT2D eigenvalue weighted by molar-refractivity contribution is 6.01. The Morgan fingerprint density at radius 3 is 2.50 bits per heavy atom. The fourth-order valence-corrected chi connectivity index (χ4v) is 2.71. The molecule has 1 atom stereocenters. The van der Waals surface area contributed by atoms with E-state index in [9.17, 15) is 18.0 Å². The molecule has 1 aliphatic heterocycles. The first-order valence-electron chi connectivity index (χ1n) is 6.87. The number of hydrogen-bond acceptors (Lipinski definition) is 3. The van der Waals surface area contributed by atoms with Crippen molar-refractivity contribution in [1.82, 2.24) is 0 Å². The second-order valence-electron chi connectivity index (χ2n) is 5.30. The zero-order chi connectivity index (χ0) is 16.7. The number of ether oxygens (including phenoxy) is 2. The highest BCUT2D eigenvalue weighted by Gasteiger charge is 2.61. The van der Waals surface area contributed by atoms with Gasteiger partial charge in [0.25, 0.3) is 0 Å². The van der Waals surface area contributed by atoms with Crippen LogP contribution in [0.15, 0.2) is 23.8 Å². The fraction of sp³-hybridized carbons (Fsp3) is 0.438. The summed E-state index contributed by atoms with van der Waals surface area (Å²) >= 11 is 0. The SMILES string of the molecule is CCOC(=O)C1=C(C)c2c(C)cccc2OC1(C)C(F)(F)F. The molecule has 0 amide bonds. The number of allylic oxidation sites excluding steroid dienone is 1. The van der Waals surface area contributed by atoms with Crippen LogP contribution in [0.1, 0.15) is 31.9 Å². The van der Waals surface area contributed by atoms with E-state index >= 15 is 0 Å². The molecular weight excluding hydrogens is 297 g/mol. The second-order valence-corrected chi connectivity index (χ2v) is 5.30. The Morgan fingerprint density at radius 2 is 1.95 bits per heavy atom. The molecule has 120 valence electrons. The molecule has 1 aromatic carbocycles. The number of carbonyl (C=O) groups is 1. The Kier molecular flexibility index (Phi) is 3.98. The molecule has 0 fully saturated rings. The largest absolute Gasteiger partial charge is 0.472 e. The van der Waals surface area contributed by atoms with Crippen LogP contribution in [0.3, 0.4) is 0 Å². The van der Waals surface area contributed by atoms with Gasteiger partial charge in [0.15, 0.2) is 0 Å². The number of aryl methyl sites for hydroxylation is 1. The quantitative estimate of drug-likeness (QED) is 0.773. The van der Waals surface area contributed by atoms with E-state index in [1.807, 2.05) is 0 Å². The Hall–Kier alpha value is -1.98. The van der Waals surface area contributed by atoms with Crippen LogP contribution in [0.2, 0.25) is 0 Å². The molecule has 0 spiro atoms. The molecule has 0 saturated heterocycles. The van der Waals surface area contributed by atoms with Gasteiger partial charge in [-0.25, -0.2) is 4.79 Å². The first kappa shape index (κ1) is 16.4. The third-order valence-electron chi connectivity index (χ3n) is 3.80. The first-order valence-corrected chi connectivity index (χ1v) is 6.87. The zero-order valence-electron chi connectivity index (χ0n) is 12.8. The molecule has 1 aromatic rings. The molecule has 0 radical (unpaired) electrons.